The normalized spacial score (nSPS) is 22.2. The fraction of sp³-hybridized carbons (Fsp3) is 0.250. The fourth-order valence-corrected chi connectivity index (χ4v) is 1.35. The molecule has 0 atom stereocenters. The zero-order valence-corrected chi connectivity index (χ0v) is 6.33. The van der Waals surface area contributed by atoms with Crippen LogP contribution in [0.2, 0.25) is 0 Å². The maximum atomic E-state index is 11.2. The lowest BCUT2D eigenvalue weighted by molar-refractivity contribution is -0.120. The summed E-state index contributed by atoms with van der Waals surface area (Å²) in [5.74, 6) is -0.696. The van der Waals surface area contributed by atoms with Crippen LogP contribution in [0.25, 0.3) is 0 Å². The maximum absolute atomic E-state index is 11.2. The van der Waals surface area contributed by atoms with Crippen LogP contribution >= 0.6 is 0 Å². The van der Waals surface area contributed by atoms with E-state index in [1.165, 1.54) is 0 Å². The molecule has 4 nitrogen and oxygen atoms in total. The summed E-state index contributed by atoms with van der Waals surface area (Å²) in [6.07, 6.45) is 0.770. The van der Waals surface area contributed by atoms with Crippen LogP contribution in [0.3, 0.4) is 0 Å². The standard InChI is InChI=1S/C8H6N2O2/c1-4-2-5-7(6(11)3-4)8(12)10-9-5/h1-3H2. The van der Waals surface area contributed by atoms with Gasteiger partial charge in [-0.2, -0.15) is 5.11 Å². The summed E-state index contributed by atoms with van der Waals surface area (Å²) in [7, 11) is 0. The molecule has 2 aliphatic rings. The number of hydrogen-bond donors (Lipinski definition) is 0. The molecule has 12 heavy (non-hydrogen) atoms. The molecule has 0 aromatic heterocycles. The Balaban J connectivity index is 2.49. The Labute approximate surface area is 68.7 Å². The third kappa shape index (κ3) is 0.845. The van der Waals surface area contributed by atoms with Gasteiger partial charge < -0.3 is 0 Å². The average Bonchev–Trinajstić information content (AvgIpc) is 2.31. The number of nitrogens with zero attached hydrogens (tertiary/aromatic N) is 2. The summed E-state index contributed by atoms with van der Waals surface area (Å²) in [6.45, 7) is 3.68. The van der Waals surface area contributed by atoms with Gasteiger partial charge in [0, 0.05) is 12.8 Å². The molecule has 0 radical (unpaired) electrons. The maximum Gasteiger partial charge on any atom is 0.300 e. The summed E-state index contributed by atoms with van der Waals surface area (Å²) in [4.78, 5) is 22.2. The monoisotopic (exact) mass is 162 g/mol. The van der Waals surface area contributed by atoms with Gasteiger partial charge in [-0.1, -0.05) is 12.2 Å². The number of azo groups is 1. The molecule has 0 unspecified atom stereocenters. The Kier molecular flexibility index (Phi) is 1.30. The Morgan fingerprint density at radius 3 is 2.67 bits per heavy atom. The van der Waals surface area contributed by atoms with Gasteiger partial charge in [0.1, 0.15) is 5.57 Å². The van der Waals surface area contributed by atoms with E-state index in [-0.39, 0.29) is 17.8 Å². The number of allylic oxidation sites excluding steroid dienone is 1. The third-order valence-corrected chi connectivity index (χ3v) is 1.87. The van der Waals surface area contributed by atoms with Crippen molar-refractivity contribution >= 4 is 11.7 Å². The molecule has 1 aliphatic carbocycles. The summed E-state index contributed by atoms with van der Waals surface area (Å²) >= 11 is 0. The molecule has 60 valence electrons. The van der Waals surface area contributed by atoms with Crippen LogP contribution in [0, 0.1) is 0 Å². The van der Waals surface area contributed by atoms with E-state index in [0.29, 0.717) is 12.1 Å². The number of rotatable bonds is 0. The fourth-order valence-electron chi connectivity index (χ4n) is 1.35. The summed E-state index contributed by atoms with van der Waals surface area (Å²) in [6, 6.07) is 0. The van der Waals surface area contributed by atoms with Crippen LogP contribution < -0.4 is 0 Å². The smallest absolute Gasteiger partial charge is 0.294 e. The minimum atomic E-state index is -0.498. The average molecular weight is 162 g/mol. The molecule has 1 heterocycles. The van der Waals surface area contributed by atoms with Gasteiger partial charge in [0.15, 0.2) is 5.78 Å². The molecule has 0 saturated carbocycles. The molecule has 1 aliphatic heterocycles. The third-order valence-electron chi connectivity index (χ3n) is 1.87. The quantitative estimate of drug-likeness (QED) is 0.396. The van der Waals surface area contributed by atoms with E-state index in [2.05, 4.69) is 16.8 Å². The number of Topliss-reactive ketones (excluding diaryl/α,β-unsaturated/α-hetero) is 1. The Morgan fingerprint density at radius 1 is 1.17 bits per heavy atom. The SMILES string of the molecule is C=C1CC(=O)C2=C(C1)N=NC2=O. The molecule has 0 aromatic rings. The molecule has 2 rings (SSSR count). The van der Waals surface area contributed by atoms with Gasteiger partial charge in [0.2, 0.25) is 0 Å². The number of ketones is 1. The molecular weight excluding hydrogens is 156 g/mol. The van der Waals surface area contributed by atoms with Crippen LogP contribution in [0.5, 0.6) is 0 Å². The highest BCUT2D eigenvalue weighted by Gasteiger charge is 2.31. The van der Waals surface area contributed by atoms with Crippen LogP contribution in [-0.2, 0) is 9.59 Å². The highest BCUT2D eigenvalue weighted by molar-refractivity contribution is 6.22. The van der Waals surface area contributed by atoms with Gasteiger partial charge in [-0.3, -0.25) is 9.59 Å². The number of carbonyl (C=O) groups excluding carboxylic acids is 2. The zero-order valence-electron chi connectivity index (χ0n) is 6.33. The largest absolute Gasteiger partial charge is 0.300 e. The van der Waals surface area contributed by atoms with Crippen molar-refractivity contribution in [3.8, 4) is 0 Å². The van der Waals surface area contributed by atoms with Gasteiger partial charge in [-0.15, -0.1) is 5.11 Å². The first-order valence-electron chi connectivity index (χ1n) is 3.57. The molecule has 1 amide bonds. The second-order valence-electron chi connectivity index (χ2n) is 2.85. The van der Waals surface area contributed by atoms with E-state index < -0.39 is 5.91 Å². The van der Waals surface area contributed by atoms with E-state index in [1.807, 2.05) is 0 Å². The van der Waals surface area contributed by atoms with Gasteiger partial charge in [-0.25, -0.2) is 0 Å². The first-order chi connectivity index (χ1) is 5.68. The number of hydrogen-bond acceptors (Lipinski definition) is 3. The van der Waals surface area contributed by atoms with E-state index in [4.69, 9.17) is 0 Å². The Hall–Kier alpha value is -1.58. The predicted molar refractivity (Wildman–Crippen MR) is 40.3 cm³/mol. The number of carbonyl (C=O) groups is 2. The first kappa shape index (κ1) is 7.09. The van der Waals surface area contributed by atoms with Crippen LogP contribution in [0.15, 0.2) is 33.7 Å². The van der Waals surface area contributed by atoms with E-state index in [9.17, 15) is 9.59 Å². The van der Waals surface area contributed by atoms with Crippen molar-refractivity contribution in [2.75, 3.05) is 0 Å². The molecule has 0 bridgehead atoms. The molecule has 0 spiro atoms. The van der Waals surface area contributed by atoms with E-state index in [1.54, 1.807) is 0 Å². The zero-order chi connectivity index (χ0) is 8.72. The van der Waals surface area contributed by atoms with E-state index in [0.717, 1.165) is 5.57 Å². The van der Waals surface area contributed by atoms with Gasteiger partial charge in [0.25, 0.3) is 0 Å². The Morgan fingerprint density at radius 2 is 1.92 bits per heavy atom. The molecule has 0 fully saturated rings. The first-order valence-corrected chi connectivity index (χ1v) is 3.57. The summed E-state index contributed by atoms with van der Waals surface area (Å²) in [5, 5.41) is 6.93. The second kappa shape index (κ2) is 2.20. The van der Waals surface area contributed by atoms with Gasteiger partial charge in [-0.05, 0) is 0 Å². The predicted octanol–water partition coefficient (Wildman–Crippen LogP) is 1.15. The van der Waals surface area contributed by atoms with Gasteiger partial charge in [0.05, 0.1) is 5.70 Å². The summed E-state index contributed by atoms with van der Waals surface area (Å²) in [5.41, 5.74) is 1.45. The topological polar surface area (TPSA) is 58.9 Å². The molecule has 0 N–H and O–H groups in total. The highest BCUT2D eigenvalue weighted by Crippen LogP contribution is 2.30. The van der Waals surface area contributed by atoms with Crippen molar-refractivity contribution < 1.29 is 9.59 Å². The second-order valence-corrected chi connectivity index (χ2v) is 2.85. The minimum absolute atomic E-state index is 0.169. The minimum Gasteiger partial charge on any atom is -0.294 e. The lowest BCUT2D eigenvalue weighted by atomic mass is 9.92. The van der Waals surface area contributed by atoms with Gasteiger partial charge >= 0.3 is 5.91 Å². The van der Waals surface area contributed by atoms with E-state index >= 15 is 0 Å². The van der Waals surface area contributed by atoms with Crippen molar-refractivity contribution in [2.24, 2.45) is 10.2 Å². The molecule has 0 saturated heterocycles. The molecule has 0 aromatic carbocycles. The van der Waals surface area contributed by atoms with Crippen LogP contribution in [0.1, 0.15) is 12.8 Å². The van der Waals surface area contributed by atoms with Crippen molar-refractivity contribution in [3.63, 3.8) is 0 Å². The van der Waals surface area contributed by atoms with Crippen LogP contribution in [-0.4, -0.2) is 11.7 Å². The number of amides is 1. The van der Waals surface area contributed by atoms with Crippen molar-refractivity contribution in [3.05, 3.63) is 23.4 Å². The Bertz CT molecular complexity index is 363. The lowest BCUT2D eigenvalue weighted by Gasteiger charge is -2.10. The van der Waals surface area contributed by atoms with Crippen molar-refractivity contribution in [2.45, 2.75) is 12.8 Å². The molecule has 4 heteroatoms. The lowest BCUT2D eigenvalue weighted by Crippen LogP contribution is -2.15. The van der Waals surface area contributed by atoms with Crippen molar-refractivity contribution in [1.82, 2.24) is 0 Å². The van der Waals surface area contributed by atoms with Crippen LogP contribution in [0.4, 0.5) is 0 Å². The molecular formula is C8H6N2O2. The van der Waals surface area contributed by atoms with Crippen molar-refractivity contribution in [1.29, 1.82) is 0 Å². The highest BCUT2D eigenvalue weighted by atomic mass is 16.2. The summed E-state index contributed by atoms with van der Waals surface area (Å²) < 4.78 is 0.